The van der Waals surface area contributed by atoms with Gasteiger partial charge in [0.05, 0.1) is 0 Å². The van der Waals surface area contributed by atoms with Crippen molar-refractivity contribution in [2.75, 3.05) is 12.3 Å². The zero-order chi connectivity index (χ0) is 10.8. The van der Waals surface area contributed by atoms with Crippen LogP contribution in [-0.4, -0.2) is 21.8 Å². The van der Waals surface area contributed by atoms with Gasteiger partial charge in [-0.2, -0.15) is 0 Å². The fraction of sp³-hybridized carbons (Fsp3) is 1.00. The number of rotatable bonds is 5. The van der Waals surface area contributed by atoms with E-state index in [4.69, 9.17) is 5.73 Å². The molecule has 2 bridgehead atoms. The van der Waals surface area contributed by atoms with Crippen molar-refractivity contribution in [1.82, 2.24) is 0 Å². The van der Waals surface area contributed by atoms with E-state index in [0.29, 0.717) is 11.8 Å². The molecule has 0 amide bonds. The minimum absolute atomic E-state index is 0.300. The summed E-state index contributed by atoms with van der Waals surface area (Å²) in [4.78, 5) is 0. The molecule has 5 unspecified atom stereocenters. The van der Waals surface area contributed by atoms with E-state index in [1.54, 1.807) is 0 Å². The minimum Gasteiger partial charge on any atom is -0.330 e. The third-order valence-corrected chi connectivity index (χ3v) is 6.17. The zero-order valence-corrected chi connectivity index (χ0v) is 10.5. The third kappa shape index (κ3) is 2.62. The van der Waals surface area contributed by atoms with Crippen LogP contribution < -0.4 is 5.73 Å². The van der Waals surface area contributed by atoms with E-state index in [9.17, 15) is 4.21 Å². The van der Waals surface area contributed by atoms with E-state index in [1.165, 1.54) is 25.7 Å². The van der Waals surface area contributed by atoms with Gasteiger partial charge in [0, 0.05) is 21.8 Å². The van der Waals surface area contributed by atoms with Gasteiger partial charge in [-0.25, -0.2) is 0 Å². The van der Waals surface area contributed by atoms with Gasteiger partial charge < -0.3 is 5.73 Å². The summed E-state index contributed by atoms with van der Waals surface area (Å²) in [6, 6.07) is 0. The van der Waals surface area contributed by atoms with Crippen LogP contribution in [0.5, 0.6) is 0 Å². The molecule has 88 valence electrons. The maximum absolute atomic E-state index is 12.0. The highest BCUT2D eigenvalue weighted by Gasteiger charge is 2.40. The van der Waals surface area contributed by atoms with Gasteiger partial charge in [-0.05, 0) is 50.0 Å². The van der Waals surface area contributed by atoms with Crippen molar-refractivity contribution >= 4 is 10.8 Å². The Kier molecular flexibility index (Phi) is 3.83. The highest BCUT2D eigenvalue weighted by atomic mass is 32.2. The molecule has 2 aliphatic carbocycles. The summed E-state index contributed by atoms with van der Waals surface area (Å²) in [7, 11) is -0.636. The van der Waals surface area contributed by atoms with Crippen LogP contribution in [0.2, 0.25) is 0 Å². The van der Waals surface area contributed by atoms with Crippen molar-refractivity contribution in [2.45, 2.75) is 44.3 Å². The molecule has 0 spiro atoms. The maximum Gasteiger partial charge on any atom is 0.0331 e. The molecule has 2 fully saturated rings. The molecule has 2 saturated carbocycles. The van der Waals surface area contributed by atoms with Gasteiger partial charge in [0.1, 0.15) is 0 Å². The average Bonchev–Trinajstić information content (AvgIpc) is 2.79. The second-order valence-corrected chi connectivity index (χ2v) is 7.27. The van der Waals surface area contributed by atoms with E-state index >= 15 is 0 Å². The number of nitrogens with two attached hydrogens (primary N) is 1. The molecule has 3 heteroatoms. The van der Waals surface area contributed by atoms with Crippen molar-refractivity contribution in [3.8, 4) is 0 Å². The summed E-state index contributed by atoms with van der Waals surface area (Å²) < 4.78 is 12.0. The molecular formula is C12H23NOS. The zero-order valence-electron chi connectivity index (χ0n) is 9.65. The summed E-state index contributed by atoms with van der Waals surface area (Å²) >= 11 is 0. The van der Waals surface area contributed by atoms with Gasteiger partial charge in [-0.15, -0.1) is 0 Å². The number of fused-ring (bicyclic) bond motifs is 2. The van der Waals surface area contributed by atoms with Crippen LogP contribution >= 0.6 is 0 Å². The number of hydrogen-bond donors (Lipinski definition) is 1. The fourth-order valence-electron chi connectivity index (χ4n) is 3.32. The Balaban J connectivity index is 1.79. The fourth-order valence-corrected chi connectivity index (χ4v) is 4.88. The first-order valence-electron chi connectivity index (χ1n) is 6.28. The molecule has 0 radical (unpaired) electrons. The third-order valence-electron chi connectivity index (χ3n) is 4.28. The average molecular weight is 229 g/mol. The Hall–Kier alpha value is 0.110. The van der Waals surface area contributed by atoms with E-state index in [-0.39, 0.29) is 0 Å². The van der Waals surface area contributed by atoms with Crippen LogP contribution in [0.3, 0.4) is 0 Å². The van der Waals surface area contributed by atoms with Crippen LogP contribution in [0, 0.1) is 17.8 Å². The smallest absolute Gasteiger partial charge is 0.0331 e. The van der Waals surface area contributed by atoms with Crippen molar-refractivity contribution in [1.29, 1.82) is 0 Å². The first kappa shape index (κ1) is 11.6. The summed E-state index contributed by atoms with van der Waals surface area (Å²) in [5.41, 5.74) is 5.50. The van der Waals surface area contributed by atoms with E-state index in [1.807, 2.05) is 0 Å². The molecule has 0 aromatic carbocycles. The molecule has 5 atom stereocenters. The first-order chi connectivity index (χ1) is 7.20. The summed E-state index contributed by atoms with van der Waals surface area (Å²) in [6.45, 7) is 2.75. The molecule has 0 aliphatic heterocycles. The Morgan fingerprint density at radius 3 is 2.73 bits per heavy atom. The van der Waals surface area contributed by atoms with Crippen LogP contribution in [-0.2, 0) is 10.8 Å². The predicted octanol–water partition coefficient (Wildman–Crippen LogP) is 1.91. The van der Waals surface area contributed by atoms with E-state index < -0.39 is 10.8 Å². The monoisotopic (exact) mass is 229 g/mol. The second-order valence-electron chi connectivity index (χ2n) is 5.37. The standard InChI is InChI=1S/C12H23NOS/c1-9(4-5-13)15(14)8-12-7-10-2-3-11(12)6-10/h9-12H,2-8,13H2,1H3. The minimum atomic E-state index is -0.636. The Morgan fingerprint density at radius 2 is 2.20 bits per heavy atom. The largest absolute Gasteiger partial charge is 0.330 e. The topological polar surface area (TPSA) is 43.1 Å². The molecule has 2 rings (SSSR count). The SMILES string of the molecule is CC(CCN)S(=O)CC1CC2CCC1C2. The van der Waals surface area contributed by atoms with Gasteiger partial charge in [-0.1, -0.05) is 13.3 Å². The highest BCUT2D eigenvalue weighted by Crippen LogP contribution is 2.48. The van der Waals surface area contributed by atoms with Gasteiger partial charge in [0.15, 0.2) is 0 Å². The first-order valence-corrected chi connectivity index (χ1v) is 7.66. The van der Waals surface area contributed by atoms with Gasteiger partial charge >= 0.3 is 0 Å². The van der Waals surface area contributed by atoms with Gasteiger partial charge in [0.2, 0.25) is 0 Å². The van der Waals surface area contributed by atoms with Crippen LogP contribution in [0.25, 0.3) is 0 Å². The normalized spacial score (nSPS) is 38.1. The van der Waals surface area contributed by atoms with E-state index in [2.05, 4.69) is 6.92 Å². The lowest BCUT2D eigenvalue weighted by atomic mass is 9.90. The Labute approximate surface area is 95.5 Å². The van der Waals surface area contributed by atoms with Crippen molar-refractivity contribution < 1.29 is 4.21 Å². The summed E-state index contributed by atoms with van der Waals surface area (Å²) in [5.74, 6) is 3.60. The molecule has 2 aliphatic rings. The molecule has 0 heterocycles. The molecule has 2 N–H and O–H groups in total. The van der Waals surface area contributed by atoms with Crippen LogP contribution in [0.4, 0.5) is 0 Å². The Morgan fingerprint density at radius 1 is 1.40 bits per heavy atom. The van der Waals surface area contributed by atoms with Crippen LogP contribution in [0.15, 0.2) is 0 Å². The van der Waals surface area contributed by atoms with Crippen molar-refractivity contribution in [2.24, 2.45) is 23.5 Å². The molecule has 0 saturated heterocycles. The lowest BCUT2D eigenvalue weighted by Crippen LogP contribution is -2.24. The van der Waals surface area contributed by atoms with Crippen LogP contribution in [0.1, 0.15) is 39.0 Å². The lowest BCUT2D eigenvalue weighted by molar-refractivity contribution is 0.363. The second kappa shape index (κ2) is 4.96. The summed E-state index contributed by atoms with van der Waals surface area (Å²) in [5, 5.41) is 0.300. The predicted molar refractivity (Wildman–Crippen MR) is 65.1 cm³/mol. The van der Waals surface area contributed by atoms with Gasteiger partial charge in [0.25, 0.3) is 0 Å². The molecule has 2 nitrogen and oxygen atoms in total. The van der Waals surface area contributed by atoms with E-state index in [0.717, 1.165) is 29.9 Å². The summed E-state index contributed by atoms with van der Waals surface area (Å²) in [6.07, 6.45) is 6.52. The molecule has 0 aromatic rings. The maximum atomic E-state index is 12.0. The molecular weight excluding hydrogens is 206 g/mol. The lowest BCUT2D eigenvalue weighted by Gasteiger charge is -2.22. The quantitative estimate of drug-likeness (QED) is 0.782. The van der Waals surface area contributed by atoms with Crippen molar-refractivity contribution in [3.05, 3.63) is 0 Å². The van der Waals surface area contributed by atoms with Gasteiger partial charge in [-0.3, -0.25) is 4.21 Å². The Bertz CT molecular complexity index is 244. The number of hydrogen-bond acceptors (Lipinski definition) is 2. The van der Waals surface area contributed by atoms with Crippen molar-refractivity contribution in [3.63, 3.8) is 0 Å². The molecule has 15 heavy (non-hydrogen) atoms. The molecule has 0 aromatic heterocycles. The highest BCUT2D eigenvalue weighted by molar-refractivity contribution is 7.85.